The van der Waals surface area contributed by atoms with Gasteiger partial charge in [-0.2, -0.15) is 26.9 Å². The van der Waals surface area contributed by atoms with Crippen molar-refractivity contribution < 1.29 is 30.7 Å². The zero-order valence-electron chi connectivity index (χ0n) is 9.70. The molecule has 1 nitrogen and oxygen atoms in total. The fraction of sp³-hybridized carbons (Fsp3) is 0.0833. The molecule has 0 unspecified atom stereocenters. The van der Waals surface area contributed by atoms with Crippen LogP contribution in [0.4, 0.5) is 30.7 Å². The van der Waals surface area contributed by atoms with Crippen molar-refractivity contribution in [3.8, 4) is 11.1 Å². The van der Waals surface area contributed by atoms with Crippen molar-refractivity contribution in [1.29, 1.82) is 0 Å². The van der Waals surface area contributed by atoms with Gasteiger partial charge in [-0.3, -0.25) is 0 Å². The lowest BCUT2D eigenvalue weighted by atomic mass is 10.0. The van der Waals surface area contributed by atoms with Crippen molar-refractivity contribution in [3.05, 3.63) is 51.8 Å². The van der Waals surface area contributed by atoms with Crippen LogP contribution in [0.1, 0.15) is 5.56 Å². The third kappa shape index (κ3) is 2.87. The summed E-state index contributed by atoms with van der Waals surface area (Å²) in [5.74, 6) is -7.66. The molecule has 1 aromatic heterocycles. The fourth-order valence-electron chi connectivity index (χ4n) is 1.62. The van der Waals surface area contributed by atoms with Crippen LogP contribution in [0.25, 0.3) is 11.1 Å². The van der Waals surface area contributed by atoms with Gasteiger partial charge in [0.25, 0.3) is 11.9 Å². The average molecular weight is 374 g/mol. The number of aromatic nitrogens is 1. The summed E-state index contributed by atoms with van der Waals surface area (Å²) in [6.45, 7) is 0. The minimum Gasteiger partial charge on any atom is -0.201 e. The van der Waals surface area contributed by atoms with Crippen molar-refractivity contribution in [1.82, 2.24) is 4.98 Å². The number of hydrogen-bond donors (Lipinski definition) is 0. The molecule has 0 atom stereocenters. The second-order valence-corrected chi connectivity index (χ2v) is 4.74. The standard InChI is InChI=1S/C12H3BrF7N/c13-6-2-1-4(12(18,19)20)3-5(6)7-8(14)10(16)21-11(17)9(7)15/h1-3H. The maximum atomic E-state index is 13.6. The molecule has 0 saturated carbocycles. The zero-order valence-corrected chi connectivity index (χ0v) is 11.3. The van der Waals surface area contributed by atoms with E-state index < -0.39 is 46.4 Å². The maximum Gasteiger partial charge on any atom is 0.416 e. The van der Waals surface area contributed by atoms with E-state index in [2.05, 4.69) is 20.9 Å². The molecule has 0 aliphatic heterocycles. The quantitative estimate of drug-likeness (QED) is 0.501. The first-order valence-electron chi connectivity index (χ1n) is 5.20. The Bertz CT molecular complexity index is 685. The lowest BCUT2D eigenvalue weighted by Gasteiger charge is -2.12. The molecule has 0 aliphatic rings. The Morgan fingerprint density at radius 3 is 1.90 bits per heavy atom. The number of halogens is 8. The molecule has 112 valence electrons. The van der Waals surface area contributed by atoms with Crippen molar-refractivity contribution in [3.63, 3.8) is 0 Å². The summed E-state index contributed by atoms with van der Waals surface area (Å²) < 4.78 is 90.9. The molecule has 0 N–H and O–H groups in total. The predicted octanol–water partition coefficient (Wildman–Crippen LogP) is 5.09. The third-order valence-electron chi connectivity index (χ3n) is 2.56. The second kappa shape index (κ2) is 5.28. The van der Waals surface area contributed by atoms with E-state index in [-0.39, 0.29) is 4.47 Å². The van der Waals surface area contributed by atoms with Gasteiger partial charge in [0.15, 0.2) is 11.6 Å². The van der Waals surface area contributed by atoms with E-state index in [0.29, 0.717) is 12.1 Å². The van der Waals surface area contributed by atoms with Gasteiger partial charge in [-0.25, -0.2) is 8.78 Å². The highest BCUT2D eigenvalue weighted by Crippen LogP contribution is 2.38. The van der Waals surface area contributed by atoms with Gasteiger partial charge in [-0.15, -0.1) is 0 Å². The molecule has 21 heavy (non-hydrogen) atoms. The number of benzene rings is 1. The van der Waals surface area contributed by atoms with Crippen molar-refractivity contribution >= 4 is 15.9 Å². The molecule has 0 fully saturated rings. The molecule has 2 aromatic rings. The molecule has 1 heterocycles. The average Bonchev–Trinajstić information content (AvgIpc) is 2.37. The summed E-state index contributed by atoms with van der Waals surface area (Å²) in [7, 11) is 0. The van der Waals surface area contributed by atoms with Crippen molar-refractivity contribution in [2.24, 2.45) is 0 Å². The molecule has 9 heteroatoms. The van der Waals surface area contributed by atoms with Gasteiger partial charge in [-0.1, -0.05) is 15.9 Å². The third-order valence-corrected chi connectivity index (χ3v) is 3.25. The Kier molecular flexibility index (Phi) is 3.96. The number of alkyl halides is 3. The first-order valence-corrected chi connectivity index (χ1v) is 5.99. The lowest BCUT2D eigenvalue weighted by Crippen LogP contribution is -2.07. The van der Waals surface area contributed by atoms with E-state index >= 15 is 0 Å². The highest BCUT2D eigenvalue weighted by atomic mass is 79.9. The Labute approximate surface area is 121 Å². The molecule has 2 rings (SSSR count). The minimum atomic E-state index is -4.79. The topological polar surface area (TPSA) is 12.9 Å². The smallest absolute Gasteiger partial charge is 0.201 e. The van der Waals surface area contributed by atoms with Crippen molar-refractivity contribution in [2.45, 2.75) is 6.18 Å². The minimum absolute atomic E-state index is 0.168. The van der Waals surface area contributed by atoms with Crippen LogP contribution in [0, 0.1) is 23.5 Å². The predicted molar refractivity (Wildman–Crippen MR) is 62.2 cm³/mol. The summed E-state index contributed by atoms with van der Waals surface area (Å²) in [5, 5.41) is 0. The Morgan fingerprint density at radius 1 is 0.905 bits per heavy atom. The molecule has 0 bridgehead atoms. The van der Waals surface area contributed by atoms with Crippen LogP contribution >= 0.6 is 15.9 Å². The van der Waals surface area contributed by atoms with Crippen LogP contribution in [-0.4, -0.2) is 4.98 Å². The molecule has 0 aliphatic carbocycles. The van der Waals surface area contributed by atoms with Crippen molar-refractivity contribution in [2.75, 3.05) is 0 Å². The van der Waals surface area contributed by atoms with Gasteiger partial charge in [0.05, 0.1) is 11.1 Å². The molecular formula is C12H3BrF7N. The lowest BCUT2D eigenvalue weighted by molar-refractivity contribution is -0.137. The van der Waals surface area contributed by atoms with Gasteiger partial charge >= 0.3 is 6.18 Å². The zero-order chi connectivity index (χ0) is 15.9. The van der Waals surface area contributed by atoms with Gasteiger partial charge < -0.3 is 0 Å². The molecule has 1 aromatic carbocycles. The first-order chi connectivity index (χ1) is 9.62. The second-order valence-electron chi connectivity index (χ2n) is 3.89. The van der Waals surface area contributed by atoms with E-state index in [0.717, 1.165) is 6.07 Å². The number of pyridine rings is 1. The van der Waals surface area contributed by atoms with Crippen LogP contribution in [-0.2, 0) is 6.18 Å². The maximum absolute atomic E-state index is 13.6. The van der Waals surface area contributed by atoms with E-state index in [1.807, 2.05) is 0 Å². The van der Waals surface area contributed by atoms with Gasteiger partial charge in [0.2, 0.25) is 0 Å². The van der Waals surface area contributed by atoms with Crippen LogP contribution in [0.2, 0.25) is 0 Å². The normalized spacial score (nSPS) is 11.8. The van der Waals surface area contributed by atoms with E-state index in [4.69, 9.17) is 0 Å². The SMILES string of the molecule is Fc1nc(F)c(F)c(-c2cc(C(F)(F)F)ccc2Br)c1F. The summed E-state index contributed by atoms with van der Waals surface area (Å²) in [4.78, 5) is 2.34. The first kappa shape index (κ1) is 15.7. The van der Waals surface area contributed by atoms with E-state index in [9.17, 15) is 30.7 Å². The van der Waals surface area contributed by atoms with E-state index in [1.54, 1.807) is 0 Å². The summed E-state index contributed by atoms with van der Waals surface area (Å²) >= 11 is 2.79. The molecule has 0 radical (unpaired) electrons. The molecule has 0 spiro atoms. The van der Waals surface area contributed by atoms with Crippen LogP contribution in [0.15, 0.2) is 22.7 Å². The van der Waals surface area contributed by atoms with Crippen LogP contribution in [0.3, 0.4) is 0 Å². The summed E-state index contributed by atoms with van der Waals surface area (Å²) in [5.41, 5.74) is -3.17. The number of hydrogen-bond acceptors (Lipinski definition) is 1. The number of rotatable bonds is 1. The fourth-order valence-corrected chi connectivity index (χ4v) is 2.06. The molecule has 0 saturated heterocycles. The Balaban J connectivity index is 2.79. The molecular weight excluding hydrogens is 371 g/mol. The van der Waals surface area contributed by atoms with E-state index in [1.165, 1.54) is 0 Å². The summed E-state index contributed by atoms with van der Waals surface area (Å²) in [6.07, 6.45) is -4.79. The van der Waals surface area contributed by atoms with Gasteiger partial charge in [0, 0.05) is 10.0 Å². The summed E-state index contributed by atoms with van der Waals surface area (Å²) in [6, 6.07) is 1.90. The highest BCUT2D eigenvalue weighted by molar-refractivity contribution is 9.10. The number of nitrogens with zero attached hydrogens (tertiary/aromatic N) is 1. The van der Waals surface area contributed by atoms with Gasteiger partial charge in [-0.05, 0) is 18.2 Å². The Hall–Kier alpha value is -1.64. The largest absolute Gasteiger partial charge is 0.416 e. The highest BCUT2D eigenvalue weighted by Gasteiger charge is 2.32. The van der Waals surface area contributed by atoms with Gasteiger partial charge in [0.1, 0.15) is 0 Å². The monoisotopic (exact) mass is 373 g/mol. The van der Waals surface area contributed by atoms with Crippen LogP contribution in [0.5, 0.6) is 0 Å². The molecule has 0 amide bonds. The van der Waals surface area contributed by atoms with Crippen LogP contribution < -0.4 is 0 Å². The Morgan fingerprint density at radius 2 is 1.43 bits per heavy atom.